The van der Waals surface area contributed by atoms with Gasteiger partial charge in [-0.2, -0.15) is 0 Å². The number of aromatic nitrogens is 1. The topological polar surface area (TPSA) is 49.3 Å². The number of urea groups is 1. The molecule has 2 amide bonds. The lowest BCUT2D eigenvalue weighted by atomic mass is 10.0. The second kappa shape index (κ2) is 7.07. The van der Waals surface area contributed by atoms with E-state index in [9.17, 15) is 4.79 Å². The number of benzene rings is 1. The van der Waals surface area contributed by atoms with Crippen LogP contribution in [0.3, 0.4) is 0 Å². The summed E-state index contributed by atoms with van der Waals surface area (Å²) in [5.41, 5.74) is 2.41. The largest absolute Gasteiger partial charge is 0.350 e. The first-order valence-electron chi connectivity index (χ1n) is 7.85. The number of fused-ring (bicyclic) bond motifs is 1. The van der Waals surface area contributed by atoms with Gasteiger partial charge in [0.1, 0.15) is 0 Å². The maximum Gasteiger partial charge on any atom is 0.319 e. The van der Waals surface area contributed by atoms with Crippen LogP contribution in [-0.2, 0) is 7.05 Å². The molecule has 5 nitrogen and oxygen atoms in total. The van der Waals surface area contributed by atoms with Crippen molar-refractivity contribution in [3.63, 3.8) is 0 Å². The van der Waals surface area contributed by atoms with Crippen molar-refractivity contribution < 1.29 is 4.79 Å². The fourth-order valence-corrected chi connectivity index (χ4v) is 3.52. The molecular weight excluding hydrogens is 320 g/mol. The summed E-state index contributed by atoms with van der Waals surface area (Å²) in [4.78, 5) is 14.2. The van der Waals surface area contributed by atoms with Crippen LogP contribution in [0.5, 0.6) is 0 Å². The van der Waals surface area contributed by atoms with E-state index in [1.54, 1.807) is 0 Å². The molecule has 2 aromatic heterocycles. The van der Waals surface area contributed by atoms with Gasteiger partial charge in [-0.15, -0.1) is 11.3 Å². The Balaban J connectivity index is 1.76. The third-order valence-corrected chi connectivity index (χ3v) is 4.91. The summed E-state index contributed by atoms with van der Waals surface area (Å²) in [6, 6.07) is 12.1. The summed E-state index contributed by atoms with van der Waals surface area (Å²) in [5.74, 6) is 0. The van der Waals surface area contributed by atoms with Gasteiger partial charge >= 0.3 is 6.03 Å². The number of anilines is 1. The molecule has 0 spiro atoms. The van der Waals surface area contributed by atoms with Crippen molar-refractivity contribution in [2.45, 2.75) is 6.04 Å². The number of rotatable bonds is 5. The third kappa shape index (κ3) is 3.44. The average Bonchev–Trinajstić information content (AvgIpc) is 3.17. The Morgan fingerprint density at radius 1 is 1.25 bits per heavy atom. The second-order valence-electron chi connectivity index (χ2n) is 6.00. The number of aryl methyl sites for hydroxylation is 1. The highest BCUT2D eigenvalue weighted by Gasteiger charge is 2.20. The van der Waals surface area contributed by atoms with Gasteiger partial charge in [0, 0.05) is 30.7 Å². The molecule has 2 heterocycles. The Kier molecular flexibility index (Phi) is 4.87. The van der Waals surface area contributed by atoms with E-state index in [0.29, 0.717) is 6.54 Å². The van der Waals surface area contributed by atoms with Gasteiger partial charge in [0.2, 0.25) is 0 Å². The number of hydrogen-bond donors (Lipinski definition) is 2. The maximum atomic E-state index is 12.1. The number of nitrogens with one attached hydrogen (secondary N) is 2. The van der Waals surface area contributed by atoms with Crippen molar-refractivity contribution in [1.29, 1.82) is 0 Å². The van der Waals surface area contributed by atoms with Gasteiger partial charge in [0.15, 0.2) is 0 Å². The Morgan fingerprint density at radius 2 is 2.04 bits per heavy atom. The minimum absolute atomic E-state index is 0.102. The third-order valence-electron chi connectivity index (χ3n) is 4.12. The predicted octanol–water partition coefficient (Wildman–Crippen LogP) is 3.66. The van der Waals surface area contributed by atoms with Crippen LogP contribution in [0.4, 0.5) is 9.80 Å². The minimum Gasteiger partial charge on any atom is -0.350 e. The quantitative estimate of drug-likeness (QED) is 0.743. The predicted molar refractivity (Wildman–Crippen MR) is 101 cm³/mol. The highest BCUT2D eigenvalue weighted by atomic mass is 32.1. The number of thiophene rings is 1. The lowest BCUT2D eigenvalue weighted by Crippen LogP contribution is -2.36. The molecule has 0 saturated carbocycles. The molecule has 0 bridgehead atoms. The molecule has 0 saturated heterocycles. The number of carbonyl (C=O) groups is 1. The lowest BCUT2D eigenvalue weighted by Gasteiger charge is -2.24. The molecule has 0 aliphatic rings. The number of carbonyl (C=O) groups excluding carboxylic acids is 1. The molecule has 0 aliphatic heterocycles. The van der Waals surface area contributed by atoms with Gasteiger partial charge in [0.25, 0.3) is 0 Å². The van der Waals surface area contributed by atoms with Crippen molar-refractivity contribution in [2.75, 3.05) is 26.0 Å². The van der Waals surface area contributed by atoms with E-state index in [1.807, 2.05) is 37.7 Å². The standard InChI is InChI=1S/C18H22N4OS/c1-21(2)16(11-19-18(23)20-17-9-6-10-24-17)14-12-22(3)15-8-5-4-7-13(14)15/h4-10,12,16H,11H2,1-3H3,(H2,19,20,23)/t16-/m0/s1. The summed E-state index contributed by atoms with van der Waals surface area (Å²) in [7, 11) is 6.12. The van der Waals surface area contributed by atoms with Crippen molar-refractivity contribution in [3.05, 3.63) is 53.5 Å². The molecule has 6 heteroatoms. The molecule has 0 fully saturated rings. The van der Waals surface area contributed by atoms with Crippen LogP contribution in [0.2, 0.25) is 0 Å². The SMILES string of the molecule is CN(C)[C@@H](CNC(=O)Nc1cccs1)c1cn(C)c2ccccc12. The first-order valence-corrected chi connectivity index (χ1v) is 8.73. The van der Waals surface area contributed by atoms with Gasteiger partial charge in [-0.3, -0.25) is 5.32 Å². The Bertz CT molecular complexity index is 823. The van der Waals surface area contributed by atoms with E-state index in [2.05, 4.69) is 51.5 Å². The number of amides is 2. The Labute approximate surface area is 145 Å². The van der Waals surface area contributed by atoms with Crippen LogP contribution >= 0.6 is 11.3 Å². The van der Waals surface area contributed by atoms with E-state index in [0.717, 1.165) is 5.00 Å². The highest BCUT2D eigenvalue weighted by molar-refractivity contribution is 7.14. The van der Waals surface area contributed by atoms with Crippen molar-refractivity contribution in [1.82, 2.24) is 14.8 Å². The lowest BCUT2D eigenvalue weighted by molar-refractivity contribution is 0.243. The summed E-state index contributed by atoms with van der Waals surface area (Å²) in [5, 5.41) is 9.84. The first-order chi connectivity index (χ1) is 11.6. The minimum atomic E-state index is -0.176. The molecule has 24 heavy (non-hydrogen) atoms. The fourth-order valence-electron chi connectivity index (χ4n) is 2.90. The number of para-hydroxylation sites is 1. The van der Waals surface area contributed by atoms with E-state index in [-0.39, 0.29) is 12.1 Å². The molecule has 0 unspecified atom stereocenters. The van der Waals surface area contributed by atoms with Crippen LogP contribution in [0.1, 0.15) is 11.6 Å². The van der Waals surface area contributed by atoms with Crippen LogP contribution in [0.15, 0.2) is 48.0 Å². The molecule has 1 atom stereocenters. The average molecular weight is 342 g/mol. The highest BCUT2D eigenvalue weighted by Crippen LogP contribution is 2.28. The summed E-state index contributed by atoms with van der Waals surface area (Å²) in [6.45, 7) is 0.540. The molecular formula is C18H22N4OS. The van der Waals surface area contributed by atoms with Gasteiger partial charge < -0.3 is 14.8 Å². The number of nitrogens with zero attached hydrogens (tertiary/aromatic N) is 2. The maximum absolute atomic E-state index is 12.1. The molecule has 3 rings (SSSR count). The van der Waals surface area contributed by atoms with Crippen LogP contribution in [-0.4, -0.2) is 36.1 Å². The zero-order valence-corrected chi connectivity index (χ0v) is 14.9. The van der Waals surface area contributed by atoms with Crippen molar-refractivity contribution in [3.8, 4) is 0 Å². The fraction of sp³-hybridized carbons (Fsp3) is 0.278. The van der Waals surface area contributed by atoms with Gasteiger partial charge in [-0.25, -0.2) is 4.79 Å². The summed E-state index contributed by atoms with van der Waals surface area (Å²) >= 11 is 1.51. The molecule has 1 aromatic carbocycles. The monoisotopic (exact) mass is 342 g/mol. The summed E-state index contributed by atoms with van der Waals surface area (Å²) in [6.07, 6.45) is 2.15. The molecule has 3 aromatic rings. The van der Waals surface area contributed by atoms with E-state index < -0.39 is 0 Å². The molecule has 0 aliphatic carbocycles. The Hall–Kier alpha value is -2.31. The van der Waals surface area contributed by atoms with Gasteiger partial charge in [-0.05, 0) is 43.2 Å². The number of hydrogen-bond acceptors (Lipinski definition) is 3. The van der Waals surface area contributed by atoms with Crippen molar-refractivity contribution >= 4 is 33.3 Å². The van der Waals surface area contributed by atoms with E-state index >= 15 is 0 Å². The summed E-state index contributed by atoms with van der Waals surface area (Å²) < 4.78 is 2.13. The van der Waals surface area contributed by atoms with Crippen molar-refractivity contribution in [2.24, 2.45) is 7.05 Å². The number of likely N-dealkylation sites (N-methyl/N-ethyl adjacent to an activating group) is 1. The Morgan fingerprint density at radius 3 is 2.75 bits per heavy atom. The first kappa shape index (κ1) is 16.5. The van der Waals surface area contributed by atoms with E-state index in [4.69, 9.17) is 0 Å². The normalized spacial score (nSPS) is 12.5. The van der Waals surface area contributed by atoms with Gasteiger partial charge in [-0.1, -0.05) is 18.2 Å². The zero-order chi connectivity index (χ0) is 17.1. The van der Waals surface area contributed by atoms with Crippen LogP contribution in [0.25, 0.3) is 10.9 Å². The zero-order valence-electron chi connectivity index (χ0n) is 14.1. The van der Waals surface area contributed by atoms with Crippen LogP contribution in [0, 0.1) is 0 Å². The smallest absolute Gasteiger partial charge is 0.319 e. The molecule has 2 N–H and O–H groups in total. The van der Waals surface area contributed by atoms with Gasteiger partial charge in [0.05, 0.1) is 11.0 Å². The van der Waals surface area contributed by atoms with Crippen LogP contribution < -0.4 is 10.6 Å². The van der Waals surface area contributed by atoms with E-state index in [1.165, 1.54) is 27.8 Å². The molecule has 0 radical (unpaired) electrons. The second-order valence-corrected chi connectivity index (χ2v) is 6.95. The molecule has 126 valence electrons.